The molecular formula is C6H12O5. The zero-order valence-electron chi connectivity index (χ0n) is 5.92. The van der Waals surface area contributed by atoms with E-state index in [1.54, 1.807) is 0 Å². The van der Waals surface area contributed by atoms with Crippen LogP contribution in [-0.2, 0) is 4.74 Å². The average molecular weight is 164 g/mol. The normalized spacial score (nSPS) is 45.8. The summed E-state index contributed by atoms with van der Waals surface area (Å²) in [5, 5.41) is 35.7. The fraction of sp³-hybridized carbons (Fsp3) is 1.00. The number of hydrogen-bond acceptors (Lipinski definition) is 5. The molecule has 0 aromatic carbocycles. The molecule has 4 N–H and O–H groups in total. The number of aliphatic hydroxyl groups is 4. The van der Waals surface area contributed by atoms with Crippen molar-refractivity contribution in [3.05, 3.63) is 0 Å². The van der Waals surface area contributed by atoms with Crippen LogP contribution in [0.5, 0.6) is 0 Å². The summed E-state index contributed by atoms with van der Waals surface area (Å²) in [6, 6.07) is 0. The Hall–Kier alpha value is -0.200. The van der Waals surface area contributed by atoms with Crippen molar-refractivity contribution < 1.29 is 25.2 Å². The number of ether oxygens (including phenoxy) is 1. The maximum Gasteiger partial charge on any atom is 0.111 e. The Bertz CT molecular complexity index is 126. The highest BCUT2D eigenvalue weighted by Crippen LogP contribution is 2.14. The number of rotatable bonds is 1. The van der Waals surface area contributed by atoms with Gasteiger partial charge >= 0.3 is 0 Å². The van der Waals surface area contributed by atoms with Gasteiger partial charge in [-0.05, 0) is 0 Å². The molecule has 0 aromatic heterocycles. The molecule has 1 saturated heterocycles. The molecule has 0 amide bonds. The first-order chi connectivity index (χ1) is 5.16. The van der Waals surface area contributed by atoms with Crippen molar-refractivity contribution in [1.82, 2.24) is 0 Å². The summed E-state index contributed by atoms with van der Waals surface area (Å²) in [6.07, 6.45) is -4.27. The molecule has 11 heavy (non-hydrogen) atoms. The lowest BCUT2D eigenvalue weighted by atomic mass is 10.0. The molecule has 4 atom stereocenters. The molecular weight excluding hydrogens is 152 g/mol. The molecule has 0 aromatic rings. The Morgan fingerprint density at radius 2 is 1.82 bits per heavy atom. The highest BCUT2D eigenvalue weighted by molar-refractivity contribution is 4.85. The zero-order valence-corrected chi connectivity index (χ0v) is 5.92. The highest BCUT2D eigenvalue weighted by Gasteiger charge is 2.36. The van der Waals surface area contributed by atoms with E-state index in [0.717, 1.165) is 0 Å². The van der Waals surface area contributed by atoms with E-state index in [0.29, 0.717) is 0 Å². The topological polar surface area (TPSA) is 90.2 Å². The van der Waals surface area contributed by atoms with Crippen LogP contribution in [-0.4, -0.2) is 58.1 Å². The Kier molecular flexibility index (Phi) is 2.80. The van der Waals surface area contributed by atoms with Gasteiger partial charge in [0.15, 0.2) is 0 Å². The second-order valence-electron chi connectivity index (χ2n) is 2.60. The fourth-order valence-corrected chi connectivity index (χ4v) is 1.03. The monoisotopic (exact) mass is 164 g/mol. The molecule has 0 aliphatic carbocycles. The summed E-state index contributed by atoms with van der Waals surface area (Å²) in [4.78, 5) is 0. The van der Waals surface area contributed by atoms with Crippen molar-refractivity contribution in [3.8, 4) is 0 Å². The van der Waals surface area contributed by atoms with E-state index < -0.39 is 24.4 Å². The van der Waals surface area contributed by atoms with Crippen LogP contribution >= 0.6 is 0 Å². The lowest BCUT2D eigenvalue weighted by molar-refractivity contribution is -0.195. The molecule has 66 valence electrons. The summed E-state index contributed by atoms with van der Waals surface area (Å²) in [6.45, 7) is -0.408. The van der Waals surface area contributed by atoms with Crippen LogP contribution in [0.25, 0.3) is 0 Å². The molecule has 1 heterocycles. The van der Waals surface area contributed by atoms with Crippen LogP contribution in [0.3, 0.4) is 0 Å². The summed E-state index contributed by atoms with van der Waals surface area (Å²) in [7, 11) is 0. The zero-order chi connectivity index (χ0) is 8.43. The van der Waals surface area contributed by atoms with Crippen LogP contribution in [0.2, 0.25) is 0 Å². The van der Waals surface area contributed by atoms with Crippen molar-refractivity contribution in [1.29, 1.82) is 0 Å². The van der Waals surface area contributed by atoms with E-state index in [1.807, 2.05) is 0 Å². The fourth-order valence-electron chi connectivity index (χ4n) is 1.03. The molecule has 1 aliphatic rings. The van der Waals surface area contributed by atoms with E-state index in [1.165, 1.54) is 0 Å². The van der Waals surface area contributed by atoms with Gasteiger partial charge in [-0.15, -0.1) is 0 Å². The van der Waals surface area contributed by atoms with Crippen molar-refractivity contribution in [2.75, 3.05) is 13.2 Å². The summed E-state index contributed by atoms with van der Waals surface area (Å²) in [5.41, 5.74) is 0. The number of aliphatic hydroxyl groups excluding tert-OH is 4. The molecule has 1 aliphatic heterocycles. The Labute approximate surface area is 63.8 Å². The van der Waals surface area contributed by atoms with Gasteiger partial charge in [-0.25, -0.2) is 0 Å². The molecule has 5 nitrogen and oxygen atoms in total. The minimum Gasteiger partial charge on any atom is -0.394 e. The molecule has 0 spiro atoms. The summed E-state index contributed by atoms with van der Waals surface area (Å²) < 4.78 is 4.81. The quantitative estimate of drug-likeness (QED) is 0.343. The second kappa shape index (κ2) is 3.46. The highest BCUT2D eigenvalue weighted by atomic mass is 16.5. The second-order valence-corrected chi connectivity index (χ2v) is 2.60. The van der Waals surface area contributed by atoms with Crippen molar-refractivity contribution >= 4 is 0 Å². The van der Waals surface area contributed by atoms with Gasteiger partial charge in [0.2, 0.25) is 0 Å². The number of hydrogen-bond donors (Lipinski definition) is 4. The SMILES string of the molecule is OC[C@H]1OCC(O)[C@@H](O)C1O. The van der Waals surface area contributed by atoms with E-state index in [9.17, 15) is 0 Å². The molecule has 2 unspecified atom stereocenters. The van der Waals surface area contributed by atoms with Crippen LogP contribution in [0.15, 0.2) is 0 Å². The molecule has 1 fully saturated rings. The van der Waals surface area contributed by atoms with Crippen molar-refractivity contribution in [3.63, 3.8) is 0 Å². The lowest BCUT2D eigenvalue weighted by Crippen LogP contribution is -2.53. The first-order valence-corrected chi connectivity index (χ1v) is 3.43. The van der Waals surface area contributed by atoms with E-state index in [2.05, 4.69) is 0 Å². The van der Waals surface area contributed by atoms with Gasteiger partial charge in [-0.2, -0.15) is 0 Å². The molecule has 0 radical (unpaired) electrons. The summed E-state index contributed by atoms with van der Waals surface area (Å²) in [5.74, 6) is 0. The standard InChI is InChI=1S/C6H12O5/c7-1-4-6(10)5(9)3(8)2-11-4/h3-10H,1-2H2/t3?,4-,5-,6?/m1/s1. The van der Waals surface area contributed by atoms with E-state index in [-0.39, 0.29) is 13.2 Å². The van der Waals surface area contributed by atoms with Crippen LogP contribution in [0.4, 0.5) is 0 Å². The van der Waals surface area contributed by atoms with Crippen molar-refractivity contribution in [2.45, 2.75) is 24.4 Å². The van der Waals surface area contributed by atoms with E-state index >= 15 is 0 Å². The van der Waals surface area contributed by atoms with Gasteiger partial charge in [-0.3, -0.25) is 0 Å². The lowest BCUT2D eigenvalue weighted by Gasteiger charge is -2.34. The Morgan fingerprint density at radius 3 is 2.36 bits per heavy atom. The Balaban J connectivity index is 2.52. The maximum atomic E-state index is 9.11. The van der Waals surface area contributed by atoms with Crippen molar-refractivity contribution in [2.24, 2.45) is 0 Å². The minimum absolute atomic E-state index is 0.0521. The summed E-state index contributed by atoms with van der Waals surface area (Å²) >= 11 is 0. The third-order valence-corrected chi connectivity index (χ3v) is 1.79. The third kappa shape index (κ3) is 1.69. The predicted molar refractivity (Wildman–Crippen MR) is 34.8 cm³/mol. The molecule has 0 bridgehead atoms. The van der Waals surface area contributed by atoms with Crippen LogP contribution in [0.1, 0.15) is 0 Å². The van der Waals surface area contributed by atoms with Crippen LogP contribution < -0.4 is 0 Å². The molecule has 0 saturated carbocycles. The largest absolute Gasteiger partial charge is 0.394 e. The van der Waals surface area contributed by atoms with Gasteiger partial charge in [0.05, 0.1) is 13.2 Å². The van der Waals surface area contributed by atoms with Gasteiger partial charge < -0.3 is 25.2 Å². The van der Waals surface area contributed by atoms with Gasteiger partial charge in [0, 0.05) is 0 Å². The van der Waals surface area contributed by atoms with Gasteiger partial charge in [-0.1, -0.05) is 0 Å². The maximum absolute atomic E-state index is 9.11. The molecule has 1 rings (SSSR count). The smallest absolute Gasteiger partial charge is 0.111 e. The van der Waals surface area contributed by atoms with Gasteiger partial charge in [0.1, 0.15) is 24.4 Å². The third-order valence-electron chi connectivity index (χ3n) is 1.79. The van der Waals surface area contributed by atoms with Gasteiger partial charge in [0.25, 0.3) is 0 Å². The minimum atomic E-state index is -1.22. The average Bonchev–Trinajstić information content (AvgIpc) is 2.01. The van der Waals surface area contributed by atoms with Crippen LogP contribution in [0, 0.1) is 0 Å². The van der Waals surface area contributed by atoms with E-state index in [4.69, 9.17) is 25.2 Å². The predicted octanol–water partition coefficient (Wildman–Crippen LogP) is -2.54. The Morgan fingerprint density at radius 1 is 1.18 bits per heavy atom. The first kappa shape index (κ1) is 8.89. The molecule has 5 heteroatoms. The first-order valence-electron chi connectivity index (χ1n) is 3.43.